The molecule has 1 rings (SSSR count). The molecule has 3 N–H and O–H groups in total. The third-order valence-corrected chi connectivity index (χ3v) is 3.21. The summed E-state index contributed by atoms with van der Waals surface area (Å²) in [5.41, 5.74) is 6.28. The number of anilines is 1. The van der Waals surface area contributed by atoms with E-state index in [4.69, 9.17) is 5.73 Å². The van der Waals surface area contributed by atoms with E-state index in [1.807, 2.05) is 24.3 Å². The normalized spacial score (nSPS) is 9.67. The molecule has 0 aliphatic heterocycles. The predicted octanol–water partition coefficient (Wildman–Crippen LogP) is 3.56. The van der Waals surface area contributed by atoms with Crippen LogP contribution in [0.4, 0.5) is 5.69 Å². The summed E-state index contributed by atoms with van der Waals surface area (Å²) in [6, 6.07) is 7.82. The summed E-state index contributed by atoms with van der Waals surface area (Å²) in [7, 11) is 0. The standard InChI is InChI=1S/C13H19IN2O.ClH/c14-11-6-8-12(9-7-11)16-13(17)5-3-1-2-4-10-15;/h6-9H,1-5,10,15H2,(H,16,17);1H. The second kappa shape index (κ2) is 10.6. The SMILES string of the molecule is Cl.NCCCCCCC(=O)Nc1ccc(I)cc1. The van der Waals surface area contributed by atoms with E-state index in [0.29, 0.717) is 6.42 Å². The van der Waals surface area contributed by atoms with E-state index >= 15 is 0 Å². The van der Waals surface area contributed by atoms with Crippen LogP contribution in [-0.2, 0) is 4.79 Å². The van der Waals surface area contributed by atoms with Gasteiger partial charge in [-0.15, -0.1) is 12.4 Å². The first kappa shape index (κ1) is 17.7. The quantitative estimate of drug-likeness (QED) is 0.559. The number of hydrogen-bond donors (Lipinski definition) is 2. The van der Waals surface area contributed by atoms with Crippen LogP contribution in [0.15, 0.2) is 24.3 Å². The fourth-order valence-corrected chi connectivity index (χ4v) is 1.90. The molecule has 0 bridgehead atoms. The summed E-state index contributed by atoms with van der Waals surface area (Å²) in [5.74, 6) is 0.0963. The van der Waals surface area contributed by atoms with Gasteiger partial charge in [-0.1, -0.05) is 12.8 Å². The molecule has 0 saturated heterocycles. The molecule has 3 nitrogen and oxygen atoms in total. The highest BCUT2D eigenvalue weighted by Gasteiger charge is 2.01. The number of unbranched alkanes of at least 4 members (excludes halogenated alkanes) is 3. The van der Waals surface area contributed by atoms with E-state index in [-0.39, 0.29) is 18.3 Å². The molecule has 0 radical (unpaired) electrons. The van der Waals surface area contributed by atoms with Gasteiger partial charge in [0.05, 0.1) is 0 Å². The summed E-state index contributed by atoms with van der Waals surface area (Å²) < 4.78 is 1.17. The van der Waals surface area contributed by atoms with Crippen LogP contribution in [0.2, 0.25) is 0 Å². The minimum Gasteiger partial charge on any atom is -0.330 e. The molecule has 0 aliphatic rings. The van der Waals surface area contributed by atoms with E-state index in [2.05, 4.69) is 27.9 Å². The van der Waals surface area contributed by atoms with Gasteiger partial charge in [0.1, 0.15) is 0 Å². The molecule has 0 atom stereocenters. The van der Waals surface area contributed by atoms with Crippen molar-refractivity contribution in [3.63, 3.8) is 0 Å². The van der Waals surface area contributed by atoms with Crippen LogP contribution >= 0.6 is 35.0 Å². The molecule has 0 heterocycles. The maximum absolute atomic E-state index is 11.6. The molecule has 0 aromatic heterocycles. The molecular formula is C13H20ClIN2O. The monoisotopic (exact) mass is 382 g/mol. The molecule has 0 unspecified atom stereocenters. The van der Waals surface area contributed by atoms with Crippen molar-refractivity contribution >= 4 is 46.6 Å². The Morgan fingerprint density at radius 2 is 1.72 bits per heavy atom. The lowest BCUT2D eigenvalue weighted by Crippen LogP contribution is -2.11. The lowest BCUT2D eigenvalue weighted by Gasteiger charge is -2.05. The summed E-state index contributed by atoms with van der Waals surface area (Å²) in [4.78, 5) is 11.6. The van der Waals surface area contributed by atoms with E-state index in [0.717, 1.165) is 37.9 Å². The van der Waals surface area contributed by atoms with Crippen molar-refractivity contribution < 1.29 is 4.79 Å². The van der Waals surface area contributed by atoms with Gasteiger partial charge in [0, 0.05) is 15.7 Å². The van der Waals surface area contributed by atoms with Crippen molar-refractivity contribution in [2.75, 3.05) is 11.9 Å². The Balaban J connectivity index is 0.00000289. The number of nitrogens with one attached hydrogen (secondary N) is 1. The smallest absolute Gasteiger partial charge is 0.224 e. The molecule has 18 heavy (non-hydrogen) atoms. The number of benzene rings is 1. The van der Waals surface area contributed by atoms with Crippen molar-refractivity contribution in [2.24, 2.45) is 5.73 Å². The highest BCUT2D eigenvalue weighted by molar-refractivity contribution is 14.1. The Labute approximate surface area is 128 Å². The summed E-state index contributed by atoms with van der Waals surface area (Å²) in [6.07, 6.45) is 4.79. The highest BCUT2D eigenvalue weighted by Crippen LogP contribution is 2.12. The summed E-state index contributed by atoms with van der Waals surface area (Å²) >= 11 is 2.24. The summed E-state index contributed by atoms with van der Waals surface area (Å²) in [5, 5.41) is 2.89. The zero-order valence-electron chi connectivity index (χ0n) is 10.3. The van der Waals surface area contributed by atoms with Crippen LogP contribution < -0.4 is 11.1 Å². The minimum atomic E-state index is 0. The van der Waals surface area contributed by atoms with Gasteiger partial charge in [-0.25, -0.2) is 0 Å². The number of nitrogens with two attached hydrogens (primary N) is 1. The number of halogens is 2. The lowest BCUT2D eigenvalue weighted by atomic mass is 10.1. The highest BCUT2D eigenvalue weighted by atomic mass is 127. The van der Waals surface area contributed by atoms with Crippen LogP contribution in [0.5, 0.6) is 0 Å². The van der Waals surface area contributed by atoms with Gasteiger partial charge >= 0.3 is 0 Å². The van der Waals surface area contributed by atoms with Gasteiger partial charge in [-0.05, 0) is 66.2 Å². The number of hydrogen-bond acceptors (Lipinski definition) is 2. The van der Waals surface area contributed by atoms with Crippen LogP contribution in [0, 0.1) is 3.57 Å². The molecule has 0 aliphatic carbocycles. The maximum Gasteiger partial charge on any atom is 0.224 e. The van der Waals surface area contributed by atoms with Crippen LogP contribution in [-0.4, -0.2) is 12.5 Å². The second-order valence-corrected chi connectivity index (χ2v) is 5.25. The van der Waals surface area contributed by atoms with Crippen LogP contribution in [0.3, 0.4) is 0 Å². The molecule has 0 spiro atoms. The number of carbonyl (C=O) groups is 1. The molecule has 1 aromatic carbocycles. The second-order valence-electron chi connectivity index (χ2n) is 4.01. The largest absolute Gasteiger partial charge is 0.330 e. The molecule has 0 saturated carbocycles. The Morgan fingerprint density at radius 1 is 1.11 bits per heavy atom. The average Bonchev–Trinajstić information content (AvgIpc) is 2.32. The molecular weight excluding hydrogens is 363 g/mol. The van der Waals surface area contributed by atoms with Crippen molar-refractivity contribution in [1.82, 2.24) is 0 Å². The zero-order chi connectivity index (χ0) is 12.5. The average molecular weight is 383 g/mol. The molecule has 0 fully saturated rings. The van der Waals surface area contributed by atoms with Gasteiger partial charge in [-0.3, -0.25) is 4.79 Å². The maximum atomic E-state index is 11.6. The number of carbonyl (C=O) groups excluding carboxylic acids is 1. The van der Waals surface area contributed by atoms with E-state index in [9.17, 15) is 4.79 Å². The lowest BCUT2D eigenvalue weighted by molar-refractivity contribution is -0.116. The fourth-order valence-electron chi connectivity index (χ4n) is 1.54. The Kier molecular flexibility index (Phi) is 10.4. The summed E-state index contributed by atoms with van der Waals surface area (Å²) in [6.45, 7) is 0.745. The van der Waals surface area contributed by atoms with Crippen LogP contribution in [0.25, 0.3) is 0 Å². The van der Waals surface area contributed by atoms with E-state index < -0.39 is 0 Å². The molecule has 102 valence electrons. The predicted molar refractivity (Wildman–Crippen MR) is 87.2 cm³/mol. The first-order valence-corrected chi connectivity index (χ1v) is 7.06. The third kappa shape index (κ3) is 7.89. The van der Waals surface area contributed by atoms with Gasteiger partial charge in [0.15, 0.2) is 0 Å². The topological polar surface area (TPSA) is 55.1 Å². The first-order chi connectivity index (χ1) is 8.22. The van der Waals surface area contributed by atoms with Crippen molar-refractivity contribution in [1.29, 1.82) is 0 Å². The van der Waals surface area contributed by atoms with Gasteiger partial charge in [-0.2, -0.15) is 0 Å². The Morgan fingerprint density at radius 3 is 2.33 bits per heavy atom. The first-order valence-electron chi connectivity index (χ1n) is 5.98. The molecule has 5 heteroatoms. The zero-order valence-corrected chi connectivity index (χ0v) is 13.3. The Bertz CT molecular complexity index is 343. The van der Waals surface area contributed by atoms with Crippen LogP contribution in [0.1, 0.15) is 32.1 Å². The number of rotatable bonds is 7. The van der Waals surface area contributed by atoms with Gasteiger partial charge in [0.2, 0.25) is 5.91 Å². The van der Waals surface area contributed by atoms with Crippen molar-refractivity contribution in [2.45, 2.75) is 32.1 Å². The van der Waals surface area contributed by atoms with E-state index in [1.165, 1.54) is 3.57 Å². The molecule has 1 amide bonds. The van der Waals surface area contributed by atoms with Gasteiger partial charge in [0.25, 0.3) is 0 Å². The van der Waals surface area contributed by atoms with Crippen molar-refractivity contribution in [3.8, 4) is 0 Å². The van der Waals surface area contributed by atoms with E-state index in [1.54, 1.807) is 0 Å². The molecule has 1 aromatic rings. The van der Waals surface area contributed by atoms with Gasteiger partial charge < -0.3 is 11.1 Å². The van der Waals surface area contributed by atoms with Crippen molar-refractivity contribution in [3.05, 3.63) is 27.8 Å². The third-order valence-electron chi connectivity index (χ3n) is 2.49. The number of amides is 1. The minimum absolute atomic E-state index is 0. The Hall–Kier alpha value is -0.330. The fraction of sp³-hybridized carbons (Fsp3) is 0.462.